The zero-order valence-corrected chi connectivity index (χ0v) is 22.0. The van der Waals surface area contributed by atoms with E-state index < -0.39 is 18.0 Å². The van der Waals surface area contributed by atoms with Gasteiger partial charge in [0.2, 0.25) is 0 Å². The van der Waals surface area contributed by atoms with E-state index in [1.807, 2.05) is 0 Å². The van der Waals surface area contributed by atoms with Gasteiger partial charge in [-0.05, 0) is 72.5 Å². The molecule has 5 aliphatic rings. The average Bonchev–Trinajstić information content (AvgIpc) is 3.03. The summed E-state index contributed by atoms with van der Waals surface area (Å²) in [5, 5.41) is 21.7. The van der Waals surface area contributed by atoms with E-state index in [0.29, 0.717) is 28.4 Å². The summed E-state index contributed by atoms with van der Waals surface area (Å²) in [5.74, 6) is 0.899. The molecule has 0 aromatic heterocycles. The van der Waals surface area contributed by atoms with Crippen LogP contribution in [0.15, 0.2) is 11.1 Å². The van der Waals surface area contributed by atoms with E-state index in [1.165, 1.54) is 32.6 Å². The highest BCUT2D eigenvalue weighted by Crippen LogP contribution is 2.74. The number of esters is 1. The molecule has 0 radical (unpaired) electrons. The van der Waals surface area contributed by atoms with E-state index in [-0.39, 0.29) is 34.9 Å². The Balaban J connectivity index is 1.68. The number of fused-ring (bicyclic) bond motifs is 6. The Labute approximate surface area is 204 Å². The van der Waals surface area contributed by atoms with Gasteiger partial charge in [-0.1, -0.05) is 41.0 Å². The molecule has 10 atom stereocenters. The number of hydrogen-bond donors (Lipinski definition) is 2. The second kappa shape index (κ2) is 7.77. The highest BCUT2D eigenvalue weighted by molar-refractivity contribution is 5.66. The van der Waals surface area contributed by atoms with E-state index in [2.05, 4.69) is 34.6 Å². The van der Waals surface area contributed by atoms with Crippen LogP contribution in [-0.4, -0.2) is 48.1 Å². The van der Waals surface area contributed by atoms with Gasteiger partial charge in [-0.2, -0.15) is 0 Å². The van der Waals surface area contributed by atoms with Crippen LogP contribution in [0.3, 0.4) is 0 Å². The van der Waals surface area contributed by atoms with Gasteiger partial charge < -0.3 is 24.4 Å². The number of carbonyl (C=O) groups excluding carboxylic acids is 1. The topological polar surface area (TPSA) is 85.2 Å². The largest absolute Gasteiger partial charge is 0.462 e. The number of aliphatic hydroxyl groups excluding tert-OH is 2. The SMILES string of the molecule is CO[C@H]1CC2[C@]3(C)CCC4C(C)(C)CCC[C@]4(C)C3C[C@@H](OC(C)=O)[C@]2(C)C2=C1C(O)O[C@H]2O. The molecule has 0 aromatic carbocycles. The maximum Gasteiger partial charge on any atom is 0.302 e. The predicted octanol–water partition coefficient (Wildman–Crippen LogP) is 4.58. The van der Waals surface area contributed by atoms with Crippen molar-refractivity contribution in [2.75, 3.05) is 7.11 Å². The lowest BCUT2D eigenvalue weighted by molar-refractivity contribution is -0.233. The molecule has 0 aromatic rings. The monoisotopic (exact) mass is 476 g/mol. The van der Waals surface area contributed by atoms with Crippen LogP contribution in [0.4, 0.5) is 0 Å². The zero-order chi connectivity index (χ0) is 24.8. The second-order valence-electron chi connectivity index (χ2n) is 13.3. The van der Waals surface area contributed by atoms with Crippen molar-refractivity contribution in [2.24, 2.45) is 39.4 Å². The van der Waals surface area contributed by atoms with Gasteiger partial charge in [0.1, 0.15) is 6.10 Å². The summed E-state index contributed by atoms with van der Waals surface area (Å²) in [6.07, 6.45) is 4.45. The third-order valence-electron chi connectivity index (χ3n) is 11.5. The summed E-state index contributed by atoms with van der Waals surface area (Å²) in [5.41, 5.74) is 1.19. The fraction of sp³-hybridized carbons (Fsp3) is 0.893. The average molecular weight is 477 g/mol. The molecule has 192 valence electrons. The Morgan fingerprint density at radius 2 is 1.62 bits per heavy atom. The smallest absolute Gasteiger partial charge is 0.302 e. The summed E-state index contributed by atoms with van der Waals surface area (Å²) in [7, 11) is 1.67. The lowest BCUT2D eigenvalue weighted by Gasteiger charge is -2.70. The van der Waals surface area contributed by atoms with Crippen LogP contribution in [0.5, 0.6) is 0 Å². The molecule has 1 heterocycles. The maximum atomic E-state index is 12.4. The van der Waals surface area contributed by atoms with E-state index >= 15 is 0 Å². The van der Waals surface area contributed by atoms with Crippen molar-refractivity contribution in [1.29, 1.82) is 0 Å². The second-order valence-corrected chi connectivity index (χ2v) is 13.3. The van der Waals surface area contributed by atoms with Gasteiger partial charge in [0, 0.05) is 30.6 Å². The van der Waals surface area contributed by atoms with Crippen molar-refractivity contribution in [3.05, 3.63) is 11.1 Å². The summed E-state index contributed by atoms with van der Waals surface area (Å²) in [4.78, 5) is 12.4. The molecule has 0 bridgehead atoms. The van der Waals surface area contributed by atoms with E-state index in [0.717, 1.165) is 19.3 Å². The highest BCUT2D eigenvalue weighted by atomic mass is 16.7. The van der Waals surface area contributed by atoms with Crippen molar-refractivity contribution in [3.8, 4) is 0 Å². The highest BCUT2D eigenvalue weighted by Gasteiger charge is 2.70. The first-order chi connectivity index (χ1) is 15.8. The minimum atomic E-state index is -1.21. The minimum Gasteiger partial charge on any atom is -0.462 e. The van der Waals surface area contributed by atoms with Crippen molar-refractivity contribution >= 4 is 5.97 Å². The van der Waals surface area contributed by atoms with Crippen LogP contribution < -0.4 is 0 Å². The third-order valence-corrected chi connectivity index (χ3v) is 11.5. The molecule has 3 fully saturated rings. The Morgan fingerprint density at radius 3 is 2.26 bits per heavy atom. The van der Waals surface area contributed by atoms with Gasteiger partial charge in [0.05, 0.1) is 6.10 Å². The van der Waals surface area contributed by atoms with Gasteiger partial charge in [-0.25, -0.2) is 0 Å². The zero-order valence-electron chi connectivity index (χ0n) is 22.0. The van der Waals surface area contributed by atoms with Crippen LogP contribution in [-0.2, 0) is 19.0 Å². The lowest BCUT2D eigenvalue weighted by atomic mass is 9.35. The van der Waals surface area contributed by atoms with E-state index in [9.17, 15) is 15.0 Å². The van der Waals surface area contributed by atoms with Gasteiger partial charge in [0.15, 0.2) is 12.6 Å². The quantitative estimate of drug-likeness (QED) is 0.448. The minimum absolute atomic E-state index is 0.00659. The van der Waals surface area contributed by atoms with E-state index in [1.54, 1.807) is 7.11 Å². The maximum absolute atomic E-state index is 12.4. The van der Waals surface area contributed by atoms with Crippen LogP contribution in [0.2, 0.25) is 0 Å². The molecule has 3 saturated carbocycles. The van der Waals surface area contributed by atoms with Crippen molar-refractivity contribution < 1.29 is 29.2 Å². The Hall–Kier alpha value is -0.950. The van der Waals surface area contributed by atoms with Crippen LogP contribution >= 0.6 is 0 Å². The Kier molecular flexibility index (Phi) is 5.65. The first-order valence-electron chi connectivity index (χ1n) is 13.3. The molecule has 4 aliphatic carbocycles. The Bertz CT molecular complexity index is 895. The molecule has 0 spiro atoms. The summed E-state index contributed by atoms with van der Waals surface area (Å²) < 4.78 is 17.6. The first kappa shape index (κ1) is 24.7. The molecular weight excluding hydrogens is 432 g/mol. The number of rotatable bonds is 2. The number of ether oxygens (including phenoxy) is 3. The Morgan fingerprint density at radius 1 is 0.941 bits per heavy atom. The predicted molar refractivity (Wildman–Crippen MR) is 127 cm³/mol. The van der Waals surface area contributed by atoms with E-state index in [4.69, 9.17) is 14.2 Å². The fourth-order valence-corrected chi connectivity index (χ4v) is 10.3. The summed E-state index contributed by atoms with van der Waals surface area (Å²) in [6.45, 7) is 13.5. The van der Waals surface area contributed by atoms with Crippen molar-refractivity contribution in [2.45, 2.75) is 111 Å². The number of aliphatic hydroxyl groups is 2. The van der Waals surface area contributed by atoms with Crippen LogP contribution in [0, 0.1) is 39.4 Å². The molecule has 1 aliphatic heterocycles. The molecule has 6 nitrogen and oxygen atoms in total. The van der Waals surface area contributed by atoms with Gasteiger partial charge in [-0.3, -0.25) is 4.79 Å². The number of carbonyl (C=O) groups is 1. The first-order valence-corrected chi connectivity index (χ1v) is 13.3. The van der Waals surface area contributed by atoms with Gasteiger partial charge in [0.25, 0.3) is 0 Å². The number of methoxy groups -OCH3 is 1. The summed E-state index contributed by atoms with van der Waals surface area (Å²) in [6, 6.07) is 0. The molecule has 2 N–H and O–H groups in total. The van der Waals surface area contributed by atoms with Crippen molar-refractivity contribution in [3.63, 3.8) is 0 Å². The standard InChI is InChI=1S/C28H44O6/c1-15(29)33-20-14-18-26(4)11-8-10-25(2,3)17(26)9-12-27(18,5)19-13-16(32-7)21-22(28(19,20)6)24(31)34-23(21)30/h16-20,23-24,30-31H,8-14H2,1-7H3/t16-,17?,18?,19?,20+,23?,24+,26-,27+,28+/m0/s1. The van der Waals surface area contributed by atoms with Crippen LogP contribution in [0.25, 0.3) is 0 Å². The lowest BCUT2D eigenvalue weighted by Crippen LogP contribution is -2.67. The molecule has 6 heteroatoms. The molecule has 0 saturated heterocycles. The molecule has 4 unspecified atom stereocenters. The third kappa shape index (κ3) is 3.10. The molecular formula is C28H44O6. The normalized spacial score (nSPS) is 51.7. The number of hydrogen-bond acceptors (Lipinski definition) is 6. The van der Waals surface area contributed by atoms with Gasteiger partial charge >= 0.3 is 5.97 Å². The van der Waals surface area contributed by atoms with Crippen molar-refractivity contribution in [1.82, 2.24) is 0 Å². The molecule has 0 amide bonds. The summed E-state index contributed by atoms with van der Waals surface area (Å²) >= 11 is 0. The molecule has 34 heavy (non-hydrogen) atoms. The fourth-order valence-electron chi connectivity index (χ4n) is 10.3. The van der Waals surface area contributed by atoms with Crippen LogP contribution in [0.1, 0.15) is 86.5 Å². The molecule has 5 rings (SSSR count). The van der Waals surface area contributed by atoms with Gasteiger partial charge in [-0.15, -0.1) is 0 Å².